The SMILES string of the molecule is CCCN(CC1CCCNC1)C(=O)c1ccccc1O. The summed E-state index contributed by atoms with van der Waals surface area (Å²) in [6.45, 7) is 5.65. The lowest BCUT2D eigenvalue weighted by atomic mass is 9.98. The molecule has 110 valence electrons. The summed E-state index contributed by atoms with van der Waals surface area (Å²) in [5.74, 6) is 0.529. The number of hydrogen-bond donors (Lipinski definition) is 2. The van der Waals surface area contributed by atoms with Crippen LogP contribution >= 0.6 is 0 Å². The molecule has 0 aromatic heterocycles. The Morgan fingerprint density at radius 2 is 2.25 bits per heavy atom. The molecule has 1 saturated heterocycles. The Hall–Kier alpha value is -1.55. The number of piperidine rings is 1. The second-order valence-corrected chi connectivity index (χ2v) is 5.48. The number of carbonyl (C=O) groups excluding carboxylic acids is 1. The summed E-state index contributed by atoms with van der Waals surface area (Å²) in [6, 6.07) is 6.79. The van der Waals surface area contributed by atoms with E-state index in [4.69, 9.17) is 0 Å². The van der Waals surface area contributed by atoms with E-state index >= 15 is 0 Å². The first-order valence-electron chi connectivity index (χ1n) is 7.50. The fourth-order valence-electron chi connectivity index (χ4n) is 2.76. The summed E-state index contributed by atoms with van der Waals surface area (Å²) >= 11 is 0. The van der Waals surface area contributed by atoms with Gasteiger partial charge in [-0.2, -0.15) is 0 Å². The summed E-state index contributed by atoms with van der Waals surface area (Å²) < 4.78 is 0. The van der Waals surface area contributed by atoms with Crippen LogP contribution in [0.15, 0.2) is 24.3 Å². The van der Waals surface area contributed by atoms with E-state index in [2.05, 4.69) is 12.2 Å². The summed E-state index contributed by atoms with van der Waals surface area (Å²) in [5, 5.41) is 13.2. The largest absolute Gasteiger partial charge is 0.507 e. The molecule has 0 aliphatic carbocycles. The van der Waals surface area contributed by atoms with Crippen LogP contribution in [0, 0.1) is 5.92 Å². The van der Waals surface area contributed by atoms with Gasteiger partial charge in [0.2, 0.25) is 0 Å². The van der Waals surface area contributed by atoms with Gasteiger partial charge in [0.25, 0.3) is 5.91 Å². The molecule has 1 aliphatic rings. The van der Waals surface area contributed by atoms with Crippen LogP contribution in [0.3, 0.4) is 0 Å². The number of carbonyl (C=O) groups is 1. The van der Waals surface area contributed by atoms with Crippen molar-refractivity contribution in [3.05, 3.63) is 29.8 Å². The van der Waals surface area contributed by atoms with E-state index in [0.717, 1.165) is 32.6 Å². The quantitative estimate of drug-likeness (QED) is 0.867. The predicted octanol–water partition coefficient (Wildman–Crippen LogP) is 2.24. The predicted molar refractivity (Wildman–Crippen MR) is 79.9 cm³/mol. The van der Waals surface area contributed by atoms with Crippen LogP contribution in [0.2, 0.25) is 0 Å². The molecule has 4 heteroatoms. The molecule has 1 unspecified atom stereocenters. The van der Waals surface area contributed by atoms with Crippen LogP contribution in [0.5, 0.6) is 5.75 Å². The van der Waals surface area contributed by atoms with Gasteiger partial charge in [0.15, 0.2) is 0 Å². The Labute approximate surface area is 120 Å². The van der Waals surface area contributed by atoms with Gasteiger partial charge in [-0.25, -0.2) is 0 Å². The maximum absolute atomic E-state index is 12.6. The highest BCUT2D eigenvalue weighted by atomic mass is 16.3. The molecular formula is C16H24N2O2. The average molecular weight is 276 g/mol. The Bertz CT molecular complexity index is 442. The first-order chi connectivity index (χ1) is 9.72. The van der Waals surface area contributed by atoms with Crippen molar-refractivity contribution < 1.29 is 9.90 Å². The molecule has 1 heterocycles. The summed E-state index contributed by atoms with van der Waals surface area (Å²) in [4.78, 5) is 14.5. The Balaban J connectivity index is 2.07. The zero-order valence-electron chi connectivity index (χ0n) is 12.1. The minimum atomic E-state index is -0.0597. The normalized spacial score (nSPS) is 18.8. The number of phenols is 1. The molecule has 4 nitrogen and oxygen atoms in total. The van der Waals surface area contributed by atoms with E-state index in [1.807, 2.05) is 4.90 Å². The minimum absolute atomic E-state index is 0.0597. The number of nitrogens with one attached hydrogen (secondary N) is 1. The third kappa shape index (κ3) is 3.73. The van der Waals surface area contributed by atoms with Crippen LogP contribution in [-0.4, -0.2) is 42.1 Å². The molecule has 1 fully saturated rings. The van der Waals surface area contributed by atoms with Gasteiger partial charge in [-0.15, -0.1) is 0 Å². The van der Waals surface area contributed by atoms with Gasteiger partial charge in [-0.05, 0) is 50.4 Å². The molecule has 1 aromatic carbocycles. The molecule has 0 radical (unpaired) electrons. The third-order valence-corrected chi connectivity index (χ3v) is 3.79. The molecule has 0 saturated carbocycles. The van der Waals surface area contributed by atoms with Gasteiger partial charge < -0.3 is 15.3 Å². The van der Waals surface area contributed by atoms with Gasteiger partial charge in [0.05, 0.1) is 5.56 Å². The minimum Gasteiger partial charge on any atom is -0.507 e. The first-order valence-corrected chi connectivity index (χ1v) is 7.50. The molecular weight excluding hydrogens is 252 g/mol. The van der Waals surface area contributed by atoms with Crippen molar-refractivity contribution in [1.82, 2.24) is 10.2 Å². The Morgan fingerprint density at radius 3 is 2.90 bits per heavy atom. The molecule has 1 amide bonds. The van der Waals surface area contributed by atoms with E-state index in [1.165, 1.54) is 12.8 Å². The van der Waals surface area contributed by atoms with Crippen molar-refractivity contribution in [1.29, 1.82) is 0 Å². The molecule has 1 aromatic rings. The third-order valence-electron chi connectivity index (χ3n) is 3.79. The number of aromatic hydroxyl groups is 1. The summed E-state index contributed by atoms with van der Waals surface area (Å²) in [6.07, 6.45) is 3.27. The monoisotopic (exact) mass is 276 g/mol. The second kappa shape index (κ2) is 7.29. The standard InChI is InChI=1S/C16H24N2O2/c1-2-10-18(12-13-6-5-9-17-11-13)16(20)14-7-3-4-8-15(14)19/h3-4,7-8,13,17,19H,2,5-6,9-12H2,1H3. The molecule has 2 N–H and O–H groups in total. The van der Waals surface area contributed by atoms with Gasteiger partial charge in [-0.3, -0.25) is 4.79 Å². The number of rotatable bonds is 5. The first kappa shape index (κ1) is 14.9. The summed E-state index contributed by atoms with van der Waals surface area (Å²) in [5.41, 5.74) is 0.407. The number of hydrogen-bond acceptors (Lipinski definition) is 3. The molecule has 1 atom stereocenters. The number of nitrogens with zero attached hydrogens (tertiary/aromatic N) is 1. The molecule has 1 aliphatic heterocycles. The zero-order valence-corrected chi connectivity index (χ0v) is 12.1. The maximum Gasteiger partial charge on any atom is 0.257 e. The van der Waals surface area contributed by atoms with E-state index < -0.39 is 0 Å². The fourth-order valence-corrected chi connectivity index (χ4v) is 2.76. The van der Waals surface area contributed by atoms with Gasteiger partial charge in [-0.1, -0.05) is 19.1 Å². The fraction of sp³-hybridized carbons (Fsp3) is 0.562. The number of para-hydroxylation sites is 1. The van der Waals surface area contributed by atoms with Crippen LogP contribution in [0.4, 0.5) is 0 Å². The van der Waals surface area contributed by atoms with E-state index in [0.29, 0.717) is 11.5 Å². The van der Waals surface area contributed by atoms with Gasteiger partial charge in [0, 0.05) is 13.1 Å². The Morgan fingerprint density at radius 1 is 1.45 bits per heavy atom. The van der Waals surface area contributed by atoms with Gasteiger partial charge >= 0.3 is 0 Å². The van der Waals surface area contributed by atoms with Crippen molar-refractivity contribution in [3.63, 3.8) is 0 Å². The Kier molecular flexibility index (Phi) is 5.41. The lowest BCUT2D eigenvalue weighted by Gasteiger charge is -2.30. The van der Waals surface area contributed by atoms with Crippen molar-refractivity contribution >= 4 is 5.91 Å². The highest BCUT2D eigenvalue weighted by Crippen LogP contribution is 2.20. The highest BCUT2D eigenvalue weighted by molar-refractivity contribution is 5.96. The second-order valence-electron chi connectivity index (χ2n) is 5.48. The van der Waals surface area contributed by atoms with Crippen molar-refractivity contribution in [3.8, 4) is 5.75 Å². The van der Waals surface area contributed by atoms with E-state index in [1.54, 1.807) is 24.3 Å². The smallest absolute Gasteiger partial charge is 0.257 e. The summed E-state index contributed by atoms with van der Waals surface area (Å²) in [7, 11) is 0. The number of benzene rings is 1. The zero-order chi connectivity index (χ0) is 14.4. The molecule has 0 spiro atoms. The molecule has 0 bridgehead atoms. The number of phenolic OH excluding ortho intramolecular Hbond substituents is 1. The van der Waals surface area contributed by atoms with Crippen LogP contribution in [0.25, 0.3) is 0 Å². The molecule has 2 rings (SSSR count). The van der Waals surface area contributed by atoms with E-state index in [9.17, 15) is 9.90 Å². The topological polar surface area (TPSA) is 52.6 Å². The maximum atomic E-state index is 12.6. The average Bonchev–Trinajstić information content (AvgIpc) is 2.48. The van der Waals surface area contributed by atoms with Crippen LogP contribution in [-0.2, 0) is 0 Å². The van der Waals surface area contributed by atoms with E-state index in [-0.39, 0.29) is 11.7 Å². The van der Waals surface area contributed by atoms with Crippen molar-refractivity contribution in [2.75, 3.05) is 26.2 Å². The van der Waals surface area contributed by atoms with Crippen molar-refractivity contribution in [2.45, 2.75) is 26.2 Å². The highest BCUT2D eigenvalue weighted by Gasteiger charge is 2.22. The molecule has 20 heavy (non-hydrogen) atoms. The van der Waals surface area contributed by atoms with Crippen LogP contribution < -0.4 is 5.32 Å². The lowest BCUT2D eigenvalue weighted by Crippen LogP contribution is -2.41. The van der Waals surface area contributed by atoms with Gasteiger partial charge in [0.1, 0.15) is 5.75 Å². The van der Waals surface area contributed by atoms with Crippen molar-refractivity contribution in [2.24, 2.45) is 5.92 Å². The van der Waals surface area contributed by atoms with Crippen LogP contribution in [0.1, 0.15) is 36.5 Å². The lowest BCUT2D eigenvalue weighted by molar-refractivity contribution is 0.0716. The number of amides is 1.